The fourth-order valence-electron chi connectivity index (χ4n) is 11.9. The lowest BCUT2D eigenvalue weighted by Gasteiger charge is -2.18. The number of Topliss-reactive ketones (excluding diaryl/α,β-unsaturated/α-hetero) is 7. The lowest BCUT2D eigenvalue weighted by atomic mass is 9.94. The second-order valence-electron chi connectivity index (χ2n) is 23.9. The highest BCUT2D eigenvalue weighted by Gasteiger charge is 2.32. The number of ether oxygens (including phenoxy) is 2. The highest BCUT2D eigenvalue weighted by atomic mass is 16.5. The zero-order chi connectivity index (χ0) is 67.0. The van der Waals surface area contributed by atoms with Gasteiger partial charge in [-0.2, -0.15) is 0 Å². The van der Waals surface area contributed by atoms with Crippen LogP contribution in [0.2, 0.25) is 0 Å². The van der Waals surface area contributed by atoms with Gasteiger partial charge in [0.2, 0.25) is 0 Å². The van der Waals surface area contributed by atoms with E-state index in [-0.39, 0.29) is 139 Å². The maximum absolute atomic E-state index is 12.7. The lowest BCUT2D eigenvalue weighted by molar-refractivity contribution is -0.145. The Kier molecular flexibility index (Phi) is 32.6. The van der Waals surface area contributed by atoms with Gasteiger partial charge in [-0.1, -0.05) is 140 Å². The SMILES string of the molecule is C=CC[C@H](CCC(=O)OCC1c2ccccc2-c2ccccc21)C(=O)CN[C@@H](CC=C)C(C)=O.C=CC[C@H](CCN)C(C)=O.CC(=O)[C@@H]1C/C=C\C[C@H](CCC(=O)OCC2c3ccccc3-c3ccccc32)C(=O)CN1.CC(=O)[C@@H]1C/C=C\C[C@H](CCN)C(=O)CN1. The molecule has 0 saturated carbocycles. The van der Waals surface area contributed by atoms with Crippen molar-refractivity contribution in [3.8, 4) is 22.3 Å². The molecule has 8 rings (SSSR count). The predicted molar refractivity (Wildman–Crippen MR) is 363 cm³/mol. The highest BCUT2D eigenvalue weighted by molar-refractivity contribution is 5.88. The number of ketones is 7. The van der Waals surface area contributed by atoms with Crippen LogP contribution in [0.3, 0.4) is 0 Å². The highest BCUT2D eigenvalue weighted by Crippen LogP contribution is 2.46. The first-order valence-corrected chi connectivity index (χ1v) is 32.4. The summed E-state index contributed by atoms with van der Waals surface area (Å²) in [5.74, 6) is -0.602. The average Bonchev–Trinajstić information content (AvgIpc) is 1.63. The van der Waals surface area contributed by atoms with E-state index in [0.29, 0.717) is 64.6 Å². The minimum absolute atomic E-state index is 0.000502. The third-order valence-electron chi connectivity index (χ3n) is 17.4. The van der Waals surface area contributed by atoms with Crippen LogP contribution in [-0.4, -0.2) is 116 Å². The molecule has 7 atom stereocenters. The number of esters is 2. The summed E-state index contributed by atoms with van der Waals surface area (Å²) < 4.78 is 11.3. The van der Waals surface area contributed by atoms with Crippen LogP contribution in [0, 0.1) is 23.7 Å². The molecule has 0 bridgehead atoms. The quantitative estimate of drug-likeness (QED) is 0.0262. The molecular weight excluding hydrogens is 1160 g/mol. The normalized spacial score (nSPS) is 19.1. The molecule has 92 heavy (non-hydrogen) atoms. The Bertz CT molecular complexity index is 3150. The molecule has 16 nitrogen and oxygen atoms in total. The van der Waals surface area contributed by atoms with Crippen LogP contribution in [0.4, 0.5) is 0 Å². The van der Waals surface area contributed by atoms with E-state index in [9.17, 15) is 43.2 Å². The Morgan fingerprint density at radius 3 is 1.32 bits per heavy atom. The number of rotatable bonds is 28. The van der Waals surface area contributed by atoms with Gasteiger partial charge in [0.1, 0.15) is 53.7 Å². The molecule has 4 aromatic rings. The molecule has 2 aliphatic heterocycles. The fourth-order valence-corrected chi connectivity index (χ4v) is 11.9. The number of hydrogen-bond acceptors (Lipinski definition) is 16. The van der Waals surface area contributed by atoms with E-state index in [2.05, 4.69) is 84.2 Å². The number of hydrogen-bond donors (Lipinski definition) is 5. The Labute approximate surface area is 544 Å². The lowest BCUT2D eigenvalue weighted by Crippen LogP contribution is -2.40. The van der Waals surface area contributed by atoms with E-state index in [1.807, 2.05) is 72.8 Å². The van der Waals surface area contributed by atoms with E-state index in [1.165, 1.54) is 58.4 Å². The van der Waals surface area contributed by atoms with Crippen molar-refractivity contribution >= 4 is 52.4 Å². The van der Waals surface area contributed by atoms with Crippen molar-refractivity contribution in [3.63, 3.8) is 0 Å². The van der Waals surface area contributed by atoms with Crippen LogP contribution in [0.25, 0.3) is 22.3 Å². The zero-order valence-electron chi connectivity index (χ0n) is 54.4. The van der Waals surface area contributed by atoms with Crippen molar-refractivity contribution in [1.82, 2.24) is 16.0 Å². The summed E-state index contributed by atoms with van der Waals surface area (Å²) >= 11 is 0. The first-order chi connectivity index (χ1) is 44.4. The van der Waals surface area contributed by atoms with Crippen LogP contribution in [0.5, 0.6) is 0 Å². The van der Waals surface area contributed by atoms with Crippen LogP contribution in [-0.2, 0) is 52.6 Å². The molecule has 0 spiro atoms. The first-order valence-electron chi connectivity index (χ1n) is 32.4. The number of nitrogens with one attached hydrogen (secondary N) is 3. The van der Waals surface area contributed by atoms with E-state index in [4.69, 9.17) is 20.9 Å². The number of fused-ring (bicyclic) bond motifs is 6. The molecule has 7 N–H and O–H groups in total. The van der Waals surface area contributed by atoms with Crippen molar-refractivity contribution < 1.29 is 52.6 Å². The Balaban J connectivity index is 0.000000244. The molecule has 0 amide bonds. The van der Waals surface area contributed by atoms with E-state index >= 15 is 0 Å². The van der Waals surface area contributed by atoms with E-state index in [0.717, 1.165) is 25.7 Å². The summed E-state index contributed by atoms with van der Waals surface area (Å²) in [5, 5.41) is 9.06. The standard InChI is InChI=1S/C29H33NO4.C27H29NO4.C12H20N2O2.C8H15NO/c1-4-10-21(28(32)18-30-27(11-5-2)20(3)31)16-17-29(33)34-19-26-24-14-8-6-12-22(24)23-13-7-9-15-25(23)26;1-18(29)25-13-7-2-8-19(26(30)16-28-25)14-15-27(31)32-17-24-22-11-5-3-9-20(22)21-10-4-6-12-23(21)24;1-9(15)11-5-3-2-4-10(6-7-13)12(16)8-14-11;1-3-4-8(5-6-9)7(2)10/h4-9,12-15,21,26-27,30H,1-2,10-11,16-19H2,3H3;2-7,9-12,19,24-25,28H,8,13-17H2,1H3;2-3,10-11,14H,4-8,13H2,1H3;3,8H,1,4-6,9H2,2H3/b;7-2-;3-2-;/t21-,27+;19-,25+;10-,11+;8-/m1111/s1. The van der Waals surface area contributed by atoms with E-state index in [1.54, 1.807) is 32.1 Å². The predicted octanol–water partition coefficient (Wildman–Crippen LogP) is 10.7. The van der Waals surface area contributed by atoms with Gasteiger partial charge < -0.3 is 36.9 Å². The molecule has 0 radical (unpaired) electrons. The van der Waals surface area contributed by atoms with Crippen LogP contribution >= 0.6 is 0 Å². The molecule has 4 aromatic carbocycles. The molecule has 2 heterocycles. The van der Waals surface area contributed by atoms with Crippen molar-refractivity contribution in [2.45, 2.75) is 141 Å². The number of allylic oxidation sites excluding steroid dienone is 4. The van der Waals surface area contributed by atoms with Crippen LogP contribution < -0.4 is 27.4 Å². The van der Waals surface area contributed by atoms with Gasteiger partial charge in [-0.3, -0.25) is 43.2 Å². The second-order valence-corrected chi connectivity index (χ2v) is 23.9. The largest absolute Gasteiger partial charge is 0.465 e. The van der Waals surface area contributed by atoms with Gasteiger partial charge in [0.05, 0.1) is 37.8 Å². The summed E-state index contributed by atoms with van der Waals surface area (Å²) in [6, 6.07) is 31.9. The van der Waals surface area contributed by atoms with Crippen molar-refractivity contribution in [3.05, 3.63) is 182 Å². The smallest absolute Gasteiger partial charge is 0.305 e. The van der Waals surface area contributed by atoms with Crippen molar-refractivity contribution in [2.24, 2.45) is 35.1 Å². The van der Waals surface area contributed by atoms with Gasteiger partial charge in [0.15, 0.2) is 0 Å². The number of carbonyl (C=O) groups excluding carboxylic acids is 9. The Hall–Kier alpha value is -7.99. The molecule has 492 valence electrons. The molecule has 2 aliphatic carbocycles. The fraction of sp³-hybridized carbons (Fsp3) is 0.434. The maximum atomic E-state index is 12.7. The molecule has 0 saturated heterocycles. The number of carbonyl (C=O) groups is 9. The van der Waals surface area contributed by atoms with Gasteiger partial charge >= 0.3 is 11.9 Å². The molecule has 0 unspecified atom stereocenters. The second kappa shape index (κ2) is 40.1. The summed E-state index contributed by atoms with van der Waals surface area (Å²) in [4.78, 5) is 108. The summed E-state index contributed by atoms with van der Waals surface area (Å²) in [6.07, 6.45) is 19.9. The minimum atomic E-state index is -0.423. The summed E-state index contributed by atoms with van der Waals surface area (Å²) in [6.45, 7) is 19.3. The monoisotopic (exact) mass is 1260 g/mol. The molecule has 0 fully saturated rings. The average molecular weight is 1260 g/mol. The summed E-state index contributed by atoms with van der Waals surface area (Å²) in [5.41, 5.74) is 20.3. The summed E-state index contributed by atoms with van der Waals surface area (Å²) in [7, 11) is 0. The Morgan fingerprint density at radius 2 is 0.924 bits per heavy atom. The van der Waals surface area contributed by atoms with E-state index < -0.39 is 6.04 Å². The van der Waals surface area contributed by atoms with Crippen LogP contribution in [0.15, 0.2) is 159 Å². The van der Waals surface area contributed by atoms with Gasteiger partial charge in [0.25, 0.3) is 0 Å². The zero-order valence-corrected chi connectivity index (χ0v) is 54.4. The number of nitrogens with two attached hydrogens (primary N) is 2. The first kappa shape index (κ1) is 74.7. The molecule has 16 heteroatoms. The van der Waals surface area contributed by atoms with Gasteiger partial charge in [-0.15, -0.1) is 19.7 Å². The van der Waals surface area contributed by atoms with Gasteiger partial charge in [-0.25, -0.2) is 0 Å². The Morgan fingerprint density at radius 1 is 0.522 bits per heavy atom. The van der Waals surface area contributed by atoms with Gasteiger partial charge in [-0.05, 0) is 156 Å². The maximum Gasteiger partial charge on any atom is 0.305 e. The third kappa shape index (κ3) is 23.3. The van der Waals surface area contributed by atoms with Crippen molar-refractivity contribution in [1.29, 1.82) is 0 Å². The van der Waals surface area contributed by atoms with Crippen LogP contribution in [0.1, 0.15) is 145 Å². The number of benzene rings is 4. The molecule has 4 aliphatic rings. The third-order valence-corrected chi connectivity index (χ3v) is 17.4. The topological polar surface area (TPSA) is 260 Å². The minimum Gasteiger partial charge on any atom is -0.465 e. The molecule has 0 aromatic heterocycles. The molecular formula is C76H97N5O11. The van der Waals surface area contributed by atoms with Gasteiger partial charge in [0, 0.05) is 48.3 Å². The van der Waals surface area contributed by atoms with Crippen molar-refractivity contribution in [2.75, 3.05) is 45.9 Å².